The molecule has 0 bridgehead atoms. The molecule has 2 atom stereocenters. The normalized spacial score (nSPS) is 17.4. The van der Waals surface area contributed by atoms with E-state index in [2.05, 4.69) is 52.8 Å². The SMILES string of the molecule is CCC(CCCC(Oc1c(Cl)cc(C)c(C)c1C)C1CCC1)N(C)C. The lowest BCUT2D eigenvalue weighted by Crippen LogP contribution is -2.33. The molecule has 1 aromatic rings. The Bertz CT molecular complexity index is 566. The van der Waals surface area contributed by atoms with E-state index in [0.29, 0.717) is 18.1 Å². The van der Waals surface area contributed by atoms with Gasteiger partial charge in [0.05, 0.1) is 5.02 Å². The molecule has 2 nitrogen and oxygen atoms in total. The van der Waals surface area contributed by atoms with Gasteiger partial charge in [-0.2, -0.15) is 0 Å². The van der Waals surface area contributed by atoms with Crippen LogP contribution >= 0.6 is 11.6 Å². The lowest BCUT2D eigenvalue weighted by molar-refractivity contribution is 0.0721. The fourth-order valence-corrected chi connectivity index (χ4v) is 4.24. The molecule has 0 spiro atoms. The highest BCUT2D eigenvalue weighted by atomic mass is 35.5. The molecule has 1 aliphatic carbocycles. The molecule has 0 N–H and O–H groups in total. The molecule has 0 radical (unpaired) electrons. The van der Waals surface area contributed by atoms with Gasteiger partial charge in [-0.1, -0.05) is 24.9 Å². The average molecular weight is 366 g/mol. The summed E-state index contributed by atoms with van der Waals surface area (Å²) in [6, 6.07) is 2.73. The van der Waals surface area contributed by atoms with Crippen LogP contribution in [0.2, 0.25) is 5.02 Å². The van der Waals surface area contributed by atoms with Gasteiger partial charge >= 0.3 is 0 Å². The summed E-state index contributed by atoms with van der Waals surface area (Å²) in [7, 11) is 4.37. The summed E-state index contributed by atoms with van der Waals surface area (Å²) < 4.78 is 6.55. The zero-order chi connectivity index (χ0) is 18.6. The van der Waals surface area contributed by atoms with Crippen LogP contribution < -0.4 is 4.74 Å². The molecule has 1 aliphatic rings. The second kappa shape index (κ2) is 9.28. The number of nitrogens with zero attached hydrogens (tertiary/aromatic N) is 1. The van der Waals surface area contributed by atoms with E-state index in [4.69, 9.17) is 16.3 Å². The number of hydrogen-bond donors (Lipinski definition) is 0. The molecule has 1 aromatic carbocycles. The first kappa shape index (κ1) is 20.6. The number of ether oxygens (including phenoxy) is 1. The quantitative estimate of drug-likeness (QED) is 0.507. The number of benzene rings is 1. The summed E-state index contributed by atoms with van der Waals surface area (Å²) in [5, 5.41) is 0.768. The number of halogens is 1. The van der Waals surface area contributed by atoms with E-state index in [-0.39, 0.29) is 0 Å². The fourth-order valence-electron chi connectivity index (χ4n) is 3.89. The Balaban J connectivity index is 2.05. The van der Waals surface area contributed by atoms with E-state index < -0.39 is 0 Å². The standard InChI is InChI=1S/C22H36ClNO/c1-7-19(24(5)6)12-9-13-21(18-10-8-11-18)25-22-17(4)16(3)15(2)14-20(22)23/h14,18-19,21H,7-13H2,1-6H3. The van der Waals surface area contributed by atoms with Gasteiger partial charge in [-0.25, -0.2) is 0 Å². The van der Waals surface area contributed by atoms with Crippen molar-refractivity contribution in [3.63, 3.8) is 0 Å². The summed E-state index contributed by atoms with van der Waals surface area (Å²) in [5.74, 6) is 1.62. The first-order valence-electron chi connectivity index (χ1n) is 9.94. The lowest BCUT2D eigenvalue weighted by Gasteiger charge is -2.35. The Hall–Kier alpha value is -0.730. The Morgan fingerprint density at radius 3 is 2.36 bits per heavy atom. The smallest absolute Gasteiger partial charge is 0.141 e. The van der Waals surface area contributed by atoms with E-state index in [0.717, 1.165) is 17.2 Å². The molecule has 2 unspecified atom stereocenters. The summed E-state index contributed by atoms with van der Waals surface area (Å²) in [6.07, 6.45) is 9.08. The predicted octanol–water partition coefficient (Wildman–Crippen LogP) is 6.32. The van der Waals surface area contributed by atoms with E-state index in [1.807, 2.05) is 0 Å². The van der Waals surface area contributed by atoms with E-state index in [1.165, 1.54) is 55.2 Å². The van der Waals surface area contributed by atoms with Gasteiger partial charge in [-0.15, -0.1) is 0 Å². The molecule has 1 saturated carbocycles. The van der Waals surface area contributed by atoms with Crippen LogP contribution in [0.25, 0.3) is 0 Å². The minimum Gasteiger partial charge on any atom is -0.488 e. The molecular weight excluding hydrogens is 330 g/mol. The van der Waals surface area contributed by atoms with Crippen LogP contribution in [0.15, 0.2) is 6.07 Å². The van der Waals surface area contributed by atoms with Crippen molar-refractivity contribution in [2.45, 2.75) is 84.8 Å². The van der Waals surface area contributed by atoms with Gasteiger partial charge in [0.15, 0.2) is 0 Å². The van der Waals surface area contributed by atoms with E-state index in [1.54, 1.807) is 0 Å². The Kier molecular flexibility index (Phi) is 7.64. The molecule has 0 saturated heterocycles. The molecule has 3 heteroatoms. The summed E-state index contributed by atoms with van der Waals surface area (Å²) in [5.41, 5.74) is 3.74. The third-order valence-corrected chi connectivity index (χ3v) is 6.51. The predicted molar refractivity (Wildman–Crippen MR) is 109 cm³/mol. The largest absolute Gasteiger partial charge is 0.488 e. The second-order valence-corrected chi connectivity index (χ2v) is 8.47. The highest BCUT2D eigenvalue weighted by Crippen LogP contribution is 2.39. The van der Waals surface area contributed by atoms with E-state index in [9.17, 15) is 0 Å². The fraction of sp³-hybridized carbons (Fsp3) is 0.727. The molecular formula is C22H36ClNO. The van der Waals surface area contributed by atoms with Crippen LogP contribution in [0.5, 0.6) is 5.75 Å². The molecule has 0 heterocycles. The molecule has 142 valence electrons. The van der Waals surface area contributed by atoms with Crippen LogP contribution in [0.3, 0.4) is 0 Å². The topological polar surface area (TPSA) is 12.5 Å². The third-order valence-electron chi connectivity index (χ3n) is 6.23. The lowest BCUT2D eigenvalue weighted by atomic mass is 9.79. The Morgan fingerprint density at radius 1 is 1.16 bits per heavy atom. The summed E-state index contributed by atoms with van der Waals surface area (Å²) in [6.45, 7) is 8.70. The Labute approximate surface area is 159 Å². The molecule has 0 aromatic heterocycles. The van der Waals surface area contributed by atoms with Crippen molar-refractivity contribution in [3.05, 3.63) is 27.8 Å². The van der Waals surface area contributed by atoms with Gasteiger partial charge in [0.1, 0.15) is 11.9 Å². The molecule has 2 rings (SSSR count). The highest BCUT2D eigenvalue weighted by molar-refractivity contribution is 6.32. The van der Waals surface area contributed by atoms with Crippen LogP contribution in [0.4, 0.5) is 0 Å². The van der Waals surface area contributed by atoms with Crippen LogP contribution in [0, 0.1) is 26.7 Å². The maximum Gasteiger partial charge on any atom is 0.141 e. The molecule has 1 fully saturated rings. The number of hydrogen-bond acceptors (Lipinski definition) is 2. The van der Waals surface area contributed by atoms with Crippen molar-refractivity contribution in [3.8, 4) is 5.75 Å². The number of aryl methyl sites for hydroxylation is 1. The maximum absolute atomic E-state index is 6.55. The number of rotatable bonds is 9. The zero-order valence-electron chi connectivity index (χ0n) is 17.0. The van der Waals surface area contributed by atoms with Gasteiger partial charge in [0.2, 0.25) is 0 Å². The van der Waals surface area contributed by atoms with Gasteiger partial charge in [0, 0.05) is 6.04 Å². The summed E-state index contributed by atoms with van der Waals surface area (Å²) in [4.78, 5) is 2.35. The highest BCUT2D eigenvalue weighted by Gasteiger charge is 2.30. The van der Waals surface area contributed by atoms with Crippen molar-refractivity contribution in [2.75, 3.05) is 14.1 Å². The van der Waals surface area contributed by atoms with Gasteiger partial charge < -0.3 is 9.64 Å². The Morgan fingerprint density at radius 2 is 1.84 bits per heavy atom. The third kappa shape index (κ3) is 5.14. The average Bonchev–Trinajstić information content (AvgIpc) is 2.51. The zero-order valence-corrected chi connectivity index (χ0v) is 17.7. The molecule has 0 aliphatic heterocycles. The van der Waals surface area contributed by atoms with Crippen molar-refractivity contribution in [1.29, 1.82) is 0 Å². The summed E-state index contributed by atoms with van der Waals surface area (Å²) >= 11 is 6.53. The van der Waals surface area contributed by atoms with Crippen LogP contribution in [0.1, 0.15) is 68.6 Å². The van der Waals surface area contributed by atoms with E-state index >= 15 is 0 Å². The van der Waals surface area contributed by atoms with Gasteiger partial charge in [-0.05, 0) is 102 Å². The monoisotopic (exact) mass is 365 g/mol. The molecule has 0 amide bonds. The van der Waals surface area contributed by atoms with Gasteiger partial charge in [0.25, 0.3) is 0 Å². The van der Waals surface area contributed by atoms with Crippen molar-refractivity contribution in [2.24, 2.45) is 5.92 Å². The van der Waals surface area contributed by atoms with Crippen molar-refractivity contribution in [1.82, 2.24) is 4.90 Å². The van der Waals surface area contributed by atoms with Crippen LogP contribution in [-0.4, -0.2) is 31.1 Å². The first-order valence-corrected chi connectivity index (χ1v) is 10.3. The van der Waals surface area contributed by atoms with Crippen molar-refractivity contribution >= 4 is 11.6 Å². The first-order chi connectivity index (χ1) is 11.8. The minimum atomic E-state index is 0.312. The van der Waals surface area contributed by atoms with Gasteiger partial charge in [-0.3, -0.25) is 0 Å². The second-order valence-electron chi connectivity index (χ2n) is 8.06. The molecule has 25 heavy (non-hydrogen) atoms. The van der Waals surface area contributed by atoms with Crippen LogP contribution in [-0.2, 0) is 0 Å². The maximum atomic E-state index is 6.55. The minimum absolute atomic E-state index is 0.312. The van der Waals surface area contributed by atoms with Crippen molar-refractivity contribution < 1.29 is 4.74 Å².